The summed E-state index contributed by atoms with van der Waals surface area (Å²) in [5.41, 5.74) is 7.00. The molecule has 24 heavy (non-hydrogen) atoms. The summed E-state index contributed by atoms with van der Waals surface area (Å²) in [5, 5.41) is 0. The first-order chi connectivity index (χ1) is 10.8. The van der Waals surface area contributed by atoms with Gasteiger partial charge in [0.25, 0.3) is 0 Å². The van der Waals surface area contributed by atoms with Gasteiger partial charge in [0.15, 0.2) is 0 Å². The zero-order valence-corrected chi connectivity index (χ0v) is 21.0. The third-order valence-electron chi connectivity index (χ3n) is 5.50. The Kier molecular flexibility index (Phi) is 5.94. The summed E-state index contributed by atoms with van der Waals surface area (Å²) in [7, 11) is 0. The molecular formula is C22H36SiZr. The quantitative estimate of drug-likeness (QED) is 0.417. The molecule has 0 amide bonds. The topological polar surface area (TPSA) is 0 Å². The van der Waals surface area contributed by atoms with E-state index in [2.05, 4.69) is 80.6 Å². The monoisotopic (exact) mass is 418 g/mol. The van der Waals surface area contributed by atoms with Crippen LogP contribution in [-0.4, -0.2) is 5.43 Å². The van der Waals surface area contributed by atoms with Crippen molar-refractivity contribution in [1.82, 2.24) is 0 Å². The molecule has 0 aliphatic heterocycles. The molecule has 0 aromatic rings. The summed E-state index contributed by atoms with van der Waals surface area (Å²) in [6.45, 7) is 24.2. The first-order valence-electron chi connectivity index (χ1n) is 9.32. The molecule has 2 aliphatic carbocycles. The number of rotatable bonds is 2. The maximum atomic E-state index is 2.59. The second-order valence-corrected chi connectivity index (χ2v) is 27.0. The van der Waals surface area contributed by atoms with Gasteiger partial charge in [-0.05, 0) is 0 Å². The van der Waals surface area contributed by atoms with Crippen LogP contribution in [0.2, 0.25) is 13.1 Å². The first kappa shape index (κ1) is 20.4. The van der Waals surface area contributed by atoms with Crippen molar-refractivity contribution in [2.45, 2.75) is 81.3 Å². The van der Waals surface area contributed by atoms with E-state index in [9.17, 15) is 0 Å². The van der Waals surface area contributed by atoms with E-state index in [4.69, 9.17) is 0 Å². The van der Waals surface area contributed by atoms with Gasteiger partial charge >= 0.3 is 159 Å². The van der Waals surface area contributed by atoms with E-state index < -0.39 is 20.4 Å². The van der Waals surface area contributed by atoms with Crippen molar-refractivity contribution < 1.29 is 20.4 Å². The predicted molar refractivity (Wildman–Crippen MR) is 107 cm³/mol. The molecule has 2 heteroatoms. The van der Waals surface area contributed by atoms with Crippen LogP contribution in [0, 0.1) is 10.8 Å². The molecule has 0 N–H and O–H groups in total. The van der Waals surface area contributed by atoms with Crippen LogP contribution in [0.3, 0.4) is 0 Å². The molecule has 0 heterocycles. The van der Waals surface area contributed by atoms with Crippen molar-refractivity contribution in [3.63, 3.8) is 0 Å². The van der Waals surface area contributed by atoms with Crippen molar-refractivity contribution in [2.24, 2.45) is 10.8 Å². The minimum absolute atomic E-state index is 0.226. The molecule has 0 radical (unpaired) electrons. The molecule has 0 aromatic carbocycles. The average Bonchev–Trinajstić information content (AvgIpc) is 2.94. The number of hydrogen-bond donors (Lipinski definition) is 0. The Hall–Kier alpha value is 0.0600. The van der Waals surface area contributed by atoms with Gasteiger partial charge in [0.05, 0.1) is 0 Å². The SMILES string of the molecule is CC1=[C]([Zr]([C]2=C(C)C=C(C(C)(C)C)C2)=[Si](C)C)CC(C(C)(C)C)=C1. The van der Waals surface area contributed by atoms with E-state index in [1.165, 1.54) is 12.8 Å². The Morgan fingerprint density at radius 2 is 1.08 bits per heavy atom. The number of allylic oxidation sites excluding steroid dienone is 8. The fourth-order valence-corrected chi connectivity index (χ4v) is 22.3. The van der Waals surface area contributed by atoms with Gasteiger partial charge in [-0.3, -0.25) is 0 Å². The summed E-state index contributed by atoms with van der Waals surface area (Å²) in [6, 6.07) is 0. The van der Waals surface area contributed by atoms with Gasteiger partial charge in [-0.15, -0.1) is 0 Å². The Labute approximate surface area is 158 Å². The van der Waals surface area contributed by atoms with Crippen molar-refractivity contribution in [1.29, 1.82) is 0 Å². The van der Waals surface area contributed by atoms with E-state index in [1.807, 2.05) is 6.56 Å². The Morgan fingerprint density at radius 1 is 0.750 bits per heavy atom. The van der Waals surface area contributed by atoms with Gasteiger partial charge in [-0.25, -0.2) is 0 Å². The van der Waals surface area contributed by atoms with Gasteiger partial charge in [0.1, 0.15) is 0 Å². The first-order valence-corrected chi connectivity index (χ1v) is 18.0. The van der Waals surface area contributed by atoms with E-state index in [-0.39, 0.29) is 5.43 Å². The van der Waals surface area contributed by atoms with Crippen LogP contribution in [0.15, 0.2) is 41.0 Å². The Balaban J connectivity index is 2.38. The van der Waals surface area contributed by atoms with Crippen molar-refractivity contribution >= 4 is 5.43 Å². The van der Waals surface area contributed by atoms with Crippen LogP contribution >= 0.6 is 0 Å². The normalized spacial score (nSPS) is 19.1. The zero-order valence-electron chi connectivity index (χ0n) is 17.6. The Bertz CT molecular complexity index is 650. The zero-order chi connectivity index (χ0) is 18.4. The number of hydrogen-bond acceptors (Lipinski definition) is 0. The molecule has 0 bridgehead atoms. The molecule has 2 aliphatic rings. The van der Waals surface area contributed by atoms with E-state index >= 15 is 0 Å². The van der Waals surface area contributed by atoms with E-state index in [0.717, 1.165) is 0 Å². The van der Waals surface area contributed by atoms with Crippen LogP contribution in [0.4, 0.5) is 0 Å². The second-order valence-electron chi connectivity index (χ2n) is 9.89. The molecule has 132 valence electrons. The molecule has 0 atom stereocenters. The summed E-state index contributed by atoms with van der Waals surface area (Å²) >= 11 is -1.69. The van der Waals surface area contributed by atoms with Crippen molar-refractivity contribution in [3.05, 3.63) is 41.0 Å². The summed E-state index contributed by atoms with van der Waals surface area (Å²) in [6.07, 6.45) is 7.62. The molecular weight excluding hydrogens is 384 g/mol. The molecule has 0 spiro atoms. The minimum atomic E-state index is -1.69. The molecule has 0 aromatic heterocycles. The van der Waals surface area contributed by atoms with Gasteiger partial charge in [0.2, 0.25) is 0 Å². The van der Waals surface area contributed by atoms with Gasteiger partial charge in [0, 0.05) is 0 Å². The van der Waals surface area contributed by atoms with Crippen molar-refractivity contribution in [3.8, 4) is 0 Å². The summed E-state index contributed by atoms with van der Waals surface area (Å²) in [5.74, 6) is 0. The average molecular weight is 420 g/mol. The third kappa shape index (κ3) is 4.24. The third-order valence-corrected chi connectivity index (χ3v) is 23.2. The standard InChI is InChI=1S/2C10H15.C2H6Si.Zr/c2*1-8-5-6-9(7-8)10(2,3)4;1-3-2;/h2*7H,6H2,1-4H3;1-2H3;. The van der Waals surface area contributed by atoms with Crippen LogP contribution in [-0.2, 0) is 20.4 Å². The van der Waals surface area contributed by atoms with Crippen LogP contribution < -0.4 is 0 Å². The van der Waals surface area contributed by atoms with Gasteiger partial charge in [-0.1, -0.05) is 0 Å². The maximum absolute atomic E-state index is 2.59. The van der Waals surface area contributed by atoms with Crippen LogP contribution in [0.1, 0.15) is 68.2 Å². The molecule has 2 rings (SSSR count). The van der Waals surface area contributed by atoms with Crippen LogP contribution in [0.25, 0.3) is 0 Å². The van der Waals surface area contributed by atoms with Crippen LogP contribution in [0.5, 0.6) is 0 Å². The predicted octanol–water partition coefficient (Wildman–Crippen LogP) is 7.16. The fraction of sp³-hybridized carbons (Fsp3) is 0.636. The van der Waals surface area contributed by atoms with E-state index in [0.29, 0.717) is 10.8 Å². The molecule has 0 unspecified atom stereocenters. The second kappa shape index (κ2) is 6.99. The molecule has 0 fully saturated rings. The van der Waals surface area contributed by atoms with Gasteiger partial charge in [-0.2, -0.15) is 0 Å². The summed E-state index contributed by atoms with van der Waals surface area (Å²) in [4.78, 5) is 0. The molecule has 0 nitrogen and oxygen atoms in total. The summed E-state index contributed by atoms with van der Waals surface area (Å²) < 4.78 is 3.83. The molecule has 0 saturated carbocycles. The fourth-order valence-electron chi connectivity index (χ4n) is 3.78. The van der Waals surface area contributed by atoms with Gasteiger partial charge < -0.3 is 0 Å². The molecule has 0 saturated heterocycles. The van der Waals surface area contributed by atoms with E-state index in [1.54, 1.807) is 22.3 Å². The van der Waals surface area contributed by atoms with Crippen molar-refractivity contribution in [2.75, 3.05) is 0 Å². The Morgan fingerprint density at radius 3 is 1.29 bits per heavy atom.